The average Bonchev–Trinajstić information content (AvgIpc) is 2.82. The standard InChI is InChI=1S/C12H19N5.ClH/c1-9(2)17-10(3)11(6-15-17)5-13-12-7-14-16(4)8-12;/h6-9,13H,5H2,1-4H3;1H. The summed E-state index contributed by atoms with van der Waals surface area (Å²) in [5.74, 6) is 0. The number of halogens is 1. The van der Waals surface area contributed by atoms with Crippen LogP contribution in [0.4, 0.5) is 5.69 Å². The lowest BCUT2D eigenvalue weighted by Crippen LogP contribution is -2.06. The van der Waals surface area contributed by atoms with E-state index in [9.17, 15) is 0 Å². The van der Waals surface area contributed by atoms with Crippen LogP contribution in [0, 0.1) is 6.92 Å². The quantitative estimate of drug-likeness (QED) is 0.928. The highest BCUT2D eigenvalue weighted by atomic mass is 35.5. The zero-order chi connectivity index (χ0) is 12.4. The molecule has 1 N–H and O–H groups in total. The molecule has 0 spiro atoms. The van der Waals surface area contributed by atoms with Crippen LogP contribution in [0.5, 0.6) is 0 Å². The van der Waals surface area contributed by atoms with Crippen molar-refractivity contribution in [2.24, 2.45) is 7.05 Å². The lowest BCUT2D eigenvalue weighted by Gasteiger charge is -2.09. The van der Waals surface area contributed by atoms with Gasteiger partial charge in [-0.3, -0.25) is 9.36 Å². The van der Waals surface area contributed by atoms with Gasteiger partial charge in [-0.2, -0.15) is 10.2 Å². The molecular weight excluding hydrogens is 250 g/mol. The van der Waals surface area contributed by atoms with Gasteiger partial charge in [0.2, 0.25) is 0 Å². The summed E-state index contributed by atoms with van der Waals surface area (Å²) in [6.45, 7) is 7.16. The molecule has 0 saturated heterocycles. The molecule has 0 aliphatic heterocycles. The van der Waals surface area contributed by atoms with Crippen LogP contribution in [0.2, 0.25) is 0 Å². The molecule has 0 aliphatic rings. The molecule has 0 amide bonds. The SMILES string of the molecule is Cc1c(CNc2cnn(C)c2)cnn1C(C)C.Cl. The van der Waals surface area contributed by atoms with Crippen LogP contribution >= 0.6 is 12.4 Å². The number of rotatable bonds is 4. The summed E-state index contributed by atoms with van der Waals surface area (Å²) >= 11 is 0. The highest BCUT2D eigenvalue weighted by Gasteiger charge is 2.08. The molecule has 100 valence electrons. The van der Waals surface area contributed by atoms with Crippen LogP contribution in [0.25, 0.3) is 0 Å². The molecule has 5 nitrogen and oxygen atoms in total. The molecular formula is C12H20ClN5. The monoisotopic (exact) mass is 269 g/mol. The predicted octanol–water partition coefficient (Wildman–Crippen LogP) is 2.54. The fourth-order valence-electron chi connectivity index (χ4n) is 1.86. The fraction of sp³-hybridized carbons (Fsp3) is 0.500. The van der Waals surface area contributed by atoms with Crippen molar-refractivity contribution in [2.45, 2.75) is 33.4 Å². The second kappa shape index (κ2) is 5.91. The Kier molecular flexibility index (Phi) is 4.78. The van der Waals surface area contributed by atoms with Gasteiger partial charge in [-0.05, 0) is 20.8 Å². The Morgan fingerprint density at radius 2 is 2.00 bits per heavy atom. The van der Waals surface area contributed by atoms with Gasteiger partial charge in [0.1, 0.15) is 0 Å². The van der Waals surface area contributed by atoms with Crippen LogP contribution in [0.15, 0.2) is 18.6 Å². The van der Waals surface area contributed by atoms with E-state index >= 15 is 0 Å². The van der Waals surface area contributed by atoms with Gasteiger partial charge in [-0.25, -0.2) is 0 Å². The molecule has 2 heterocycles. The molecule has 2 aromatic heterocycles. The molecule has 0 bridgehead atoms. The van der Waals surface area contributed by atoms with Gasteiger partial charge in [0.15, 0.2) is 0 Å². The third-order valence-corrected chi connectivity index (χ3v) is 2.82. The van der Waals surface area contributed by atoms with E-state index < -0.39 is 0 Å². The van der Waals surface area contributed by atoms with Crippen LogP contribution in [0.1, 0.15) is 31.1 Å². The Labute approximate surface area is 114 Å². The fourth-order valence-corrected chi connectivity index (χ4v) is 1.86. The first-order chi connectivity index (χ1) is 8.08. The van der Waals surface area contributed by atoms with Gasteiger partial charge in [0.25, 0.3) is 0 Å². The molecule has 0 aromatic carbocycles. The zero-order valence-electron chi connectivity index (χ0n) is 11.2. The first-order valence-corrected chi connectivity index (χ1v) is 5.83. The second-order valence-corrected chi connectivity index (χ2v) is 4.55. The normalized spacial score (nSPS) is 10.5. The Morgan fingerprint density at radius 1 is 1.28 bits per heavy atom. The highest BCUT2D eigenvalue weighted by Crippen LogP contribution is 2.14. The Hall–Kier alpha value is -1.49. The first kappa shape index (κ1) is 14.6. The maximum Gasteiger partial charge on any atom is 0.0729 e. The van der Waals surface area contributed by atoms with Gasteiger partial charge >= 0.3 is 0 Å². The molecule has 0 unspecified atom stereocenters. The molecule has 2 aromatic rings. The minimum atomic E-state index is 0. The third-order valence-electron chi connectivity index (χ3n) is 2.82. The molecule has 18 heavy (non-hydrogen) atoms. The van der Waals surface area contributed by atoms with Crippen molar-refractivity contribution in [1.29, 1.82) is 0 Å². The van der Waals surface area contributed by atoms with Crippen molar-refractivity contribution in [1.82, 2.24) is 19.6 Å². The molecule has 0 atom stereocenters. The van der Waals surface area contributed by atoms with E-state index in [2.05, 4.69) is 36.3 Å². The Morgan fingerprint density at radius 3 is 2.50 bits per heavy atom. The van der Waals surface area contributed by atoms with Gasteiger partial charge in [-0.1, -0.05) is 0 Å². The number of aryl methyl sites for hydroxylation is 1. The number of hydrogen-bond donors (Lipinski definition) is 1. The van der Waals surface area contributed by atoms with Crippen molar-refractivity contribution in [3.63, 3.8) is 0 Å². The molecule has 0 fully saturated rings. The maximum atomic E-state index is 4.39. The van der Waals surface area contributed by atoms with Crippen molar-refractivity contribution in [2.75, 3.05) is 5.32 Å². The summed E-state index contributed by atoms with van der Waals surface area (Å²) in [5, 5.41) is 11.8. The topological polar surface area (TPSA) is 47.7 Å². The van der Waals surface area contributed by atoms with E-state index in [1.54, 1.807) is 4.68 Å². The third kappa shape index (κ3) is 3.04. The lowest BCUT2D eigenvalue weighted by atomic mass is 10.2. The zero-order valence-corrected chi connectivity index (χ0v) is 12.0. The van der Waals surface area contributed by atoms with Gasteiger partial charge in [0, 0.05) is 37.1 Å². The van der Waals surface area contributed by atoms with Gasteiger partial charge in [0.05, 0.1) is 18.1 Å². The summed E-state index contributed by atoms with van der Waals surface area (Å²) < 4.78 is 3.83. The van der Waals surface area contributed by atoms with E-state index in [-0.39, 0.29) is 12.4 Å². The molecule has 2 rings (SSSR count). The summed E-state index contributed by atoms with van der Waals surface area (Å²) in [6, 6.07) is 0.405. The first-order valence-electron chi connectivity index (χ1n) is 5.83. The van der Waals surface area contributed by atoms with E-state index in [0.717, 1.165) is 12.2 Å². The van der Waals surface area contributed by atoms with Crippen LogP contribution in [-0.4, -0.2) is 19.6 Å². The van der Waals surface area contributed by atoms with Crippen LogP contribution in [0.3, 0.4) is 0 Å². The van der Waals surface area contributed by atoms with Crippen LogP contribution in [-0.2, 0) is 13.6 Å². The largest absolute Gasteiger partial charge is 0.378 e. The van der Waals surface area contributed by atoms with Crippen molar-refractivity contribution in [3.05, 3.63) is 29.8 Å². The predicted molar refractivity (Wildman–Crippen MR) is 75.1 cm³/mol. The number of nitrogens with zero attached hydrogens (tertiary/aromatic N) is 4. The molecule has 6 heteroatoms. The highest BCUT2D eigenvalue weighted by molar-refractivity contribution is 5.85. The van der Waals surface area contributed by atoms with Crippen LogP contribution < -0.4 is 5.32 Å². The Balaban J connectivity index is 0.00000162. The van der Waals surface area contributed by atoms with Crippen molar-refractivity contribution in [3.8, 4) is 0 Å². The van der Waals surface area contributed by atoms with E-state index in [1.165, 1.54) is 11.3 Å². The van der Waals surface area contributed by atoms with E-state index in [0.29, 0.717) is 6.04 Å². The van der Waals surface area contributed by atoms with Gasteiger partial charge < -0.3 is 5.32 Å². The van der Waals surface area contributed by atoms with Gasteiger partial charge in [-0.15, -0.1) is 12.4 Å². The van der Waals surface area contributed by atoms with Crippen molar-refractivity contribution < 1.29 is 0 Å². The van der Waals surface area contributed by atoms with E-state index in [4.69, 9.17) is 0 Å². The number of nitrogens with one attached hydrogen (secondary N) is 1. The summed E-state index contributed by atoms with van der Waals surface area (Å²) in [6.07, 6.45) is 5.71. The van der Waals surface area contributed by atoms with E-state index in [1.807, 2.05) is 30.3 Å². The number of hydrogen-bond acceptors (Lipinski definition) is 3. The average molecular weight is 270 g/mol. The summed E-state index contributed by atoms with van der Waals surface area (Å²) in [4.78, 5) is 0. The summed E-state index contributed by atoms with van der Waals surface area (Å²) in [7, 11) is 1.91. The minimum Gasteiger partial charge on any atom is -0.378 e. The number of aromatic nitrogens is 4. The molecule has 0 saturated carbocycles. The molecule has 0 radical (unpaired) electrons. The van der Waals surface area contributed by atoms with Crippen molar-refractivity contribution >= 4 is 18.1 Å². The second-order valence-electron chi connectivity index (χ2n) is 4.55. The number of anilines is 1. The molecule has 0 aliphatic carbocycles. The lowest BCUT2D eigenvalue weighted by molar-refractivity contribution is 0.518. The summed E-state index contributed by atoms with van der Waals surface area (Å²) in [5.41, 5.74) is 3.48. The Bertz CT molecular complexity index is 500. The smallest absolute Gasteiger partial charge is 0.0729 e. The maximum absolute atomic E-state index is 4.39. The minimum absolute atomic E-state index is 0.